The van der Waals surface area contributed by atoms with Crippen molar-refractivity contribution in [1.82, 2.24) is 10.2 Å². The lowest BCUT2D eigenvalue weighted by atomic mass is 9.95. The lowest BCUT2D eigenvalue weighted by Crippen LogP contribution is -2.43. The summed E-state index contributed by atoms with van der Waals surface area (Å²) >= 11 is 0. The highest BCUT2D eigenvalue weighted by molar-refractivity contribution is 5.86. The van der Waals surface area contributed by atoms with Gasteiger partial charge in [-0.1, -0.05) is 0 Å². The van der Waals surface area contributed by atoms with Gasteiger partial charge >= 0.3 is 0 Å². The average Bonchev–Trinajstić information content (AvgIpc) is 2.40. The number of nitrogens with zero attached hydrogens (tertiary/aromatic N) is 1. The summed E-state index contributed by atoms with van der Waals surface area (Å²) < 4.78 is 5.38. The van der Waals surface area contributed by atoms with Crippen molar-refractivity contribution in [3.63, 3.8) is 0 Å². The Kier molecular flexibility index (Phi) is 4.58. The van der Waals surface area contributed by atoms with Gasteiger partial charge in [0, 0.05) is 39.1 Å². The van der Waals surface area contributed by atoms with Crippen LogP contribution in [0.1, 0.15) is 25.7 Å². The predicted octanol–water partition coefficient (Wildman–Crippen LogP) is 0.398. The van der Waals surface area contributed by atoms with E-state index in [2.05, 4.69) is 5.32 Å². The third kappa shape index (κ3) is 3.45. The number of amides is 2. The van der Waals surface area contributed by atoms with Crippen LogP contribution in [0.5, 0.6) is 0 Å². The first-order valence-corrected chi connectivity index (χ1v) is 6.76. The van der Waals surface area contributed by atoms with Crippen LogP contribution in [0, 0.1) is 11.8 Å². The molecule has 2 atom stereocenters. The number of likely N-dealkylation sites (tertiary alicyclic amines) is 1. The summed E-state index contributed by atoms with van der Waals surface area (Å²) in [6.45, 7) is 2.95. The summed E-state index contributed by atoms with van der Waals surface area (Å²) in [5, 5.41) is 2.97. The first-order chi connectivity index (χ1) is 8.66. The van der Waals surface area contributed by atoms with Gasteiger partial charge in [-0.3, -0.25) is 9.59 Å². The first kappa shape index (κ1) is 13.3. The largest absolute Gasteiger partial charge is 0.381 e. The van der Waals surface area contributed by atoms with Gasteiger partial charge in [0.25, 0.3) is 0 Å². The van der Waals surface area contributed by atoms with E-state index in [1.54, 1.807) is 11.9 Å². The zero-order valence-electron chi connectivity index (χ0n) is 11.0. The Bertz CT molecular complexity index is 313. The SMILES string of the molecule is CN1CCC(C(=O)NCC2CCCOC2)CC1=O. The third-order valence-electron chi connectivity index (χ3n) is 3.85. The number of rotatable bonds is 3. The van der Waals surface area contributed by atoms with Crippen molar-refractivity contribution in [2.24, 2.45) is 11.8 Å². The number of hydrogen-bond acceptors (Lipinski definition) is 3. The number of ether oxygens (including phenoxy) is 1. The molecule has 2 aliphatic heterocycles. The molecule has 0 aliphatic carbocycles. The lowest BCUT2D eigenvalue weighted by molar-refractivity contribution is -0.139. The fraction of sp³-hybridized carbons (Fsp3) is 0.846. The Morgan fingerprint density at radius 3 is 3.00 bits per heavy atom. The van der Waals surface area contributed by atoms with Crippen molar-refractivity contribution in [1.29, 1.82) is 0 Å². The molecular formula is C13H22N2O3. The summed E-state index contributed by atoms with van der Waals surface area (Å²) in [5.74, 6) is 0.396. The van der Waals surface area contributed by atoms with Crippen molar-refractivity contribution in [3.05, 3.63) is 0 Å². The number of carbonyl (C=O) groups is 2. The van der Waals surface area contributed by atoms with Crippen LogP contribution in [0.2, 0.25) is 0 Å². The lowest BCUT2D eigenvalue weighted by Gasteiger charge is -2.29. The van der Waals surface area contributed by atoms with E-state index in [0.717, 1.165) is 32.5 Å². The highest BCUT2D eigenvalue weighted by Crippen LogP contribution is 2.18. The van der Waals surface area contributed by atoms with E-state index in [1.165, 1.54) is 0 Å². The molecule has 2 heterocycles. The molecule has 2 saturated heterocycles. The quantitative estimate of drug-likeness (QED) is 0.793. The molecule has 18 heavy (non-hydrogen) atoms. The van der Waals surface area contributed by atoms with E-state index in [-0.39, 0.29) is 17.7 Å². The molecule has 0 aromatic rings. The number of nitrogens with one attached hydrogen (secondary N) is 1. The summed E-state index contributed by atoms with van der Waals surface area (Å²) in [6.07, 6.45) is 3.32. The van der Waals surface area contributed by atoms with Crippen LogP contribution in [0.3, 0.4) is 0 Å². The van der Waals surface area contributed by atoms with Gasteiger partial charge in [0.1, 0.15) is 0 Å². The van der Waals surface area contributed by atoms with Crippen molar-refractivity contribution >= 4 is 11.8 Å². The van der Waals surface area contributed by atoms with Crippen LogP contribution in [-0.4, -0.2) is 50.1 Å². The fourth-order valence-corrected chi connectivity index (χ4v) is 2.52. The summed E-state index contributed by atoms with van der Waals surface area (Å²) in [5.41, 5.74) is 0. The van der Waals surface area contributed by atoms with E-state index in [9.17, 15) is 9.59 Å². The van der Waals surface area contributed by atoms with Gasteiger partial charge in [-0.2, -0.15) is 0 Å². The minimum Gasteiger partial charge on any atom is -0.381 e. The number of carbonyl (C=O) groups excluding carboxylic acids is 2. The maximum atomic E-state index is 12.0. The maximum absolute atomic E-state index is 12.0. The van der Waals surface area contributed by atoms with Gasteiger partial charge in [-0.25, -0.2) is 0 Å². The van der Waals surface area contributed by atoms with E-state index >= 15 is 0 Å². The van der Waals surface area contributed by atoms with Crippen LogP contribution in [-0.2, 0) is 14.3 Å². The second-order valence-corrected chi connectivity index (χ2v) is 5.33. The molecule has 0 saturated carbocycles. The fourth-order valence-electron chi connectivity index (χ4n) is 2.52. The topological polar surface area (TPSA) is 58.6 Å². The van der Waals surface area contributed by atoms with E-state index in [1.807, 2.05) is 0 Å². The smallest absolute Gasteiger partial charge is 0.223 e. The van der Waals surface area contributed by atoms with Crippen LogP contribution < -0.4 is 5.32 Å². The van der Waals surface area contributed by atoms with Crippen molar-refractivity contribution < 1.29 is 14.3 Å². The standard InChI is InChI=1S/C13H22N2O3/c1-15-5-4-11(7-12(15)16)13(17)14-8-10-3-2-6-18-9-10/h10-11H,2-9H2,1H3,(H,14,17). The summed E-state index contributed by atoms with van der Waals surface area (Å²) in [6, 6.07) is 0. The molecule has 5 nitrogen and oxygen atoms in total. The Balaban J connectivity index is 1.72. The Hall–Kier alpha value is -1.10. The molecule has 0 spiro atoms. The Morgan fingerprint density at radius 2 is 2.33 bits per heavy atom. The zero-order chi connectivity index (χ0) is 13.0. The average molecular weight is 254 g/mol. The van der Waals surface area contributed by atoms with Crippen LogP contribution in [0.4, 0.5) is 0 Å². The second kappa shape index (κ2) is 6.18. The molecule has 0 aromatic heterocycles. The zero-order valence-corrected chi connectivity index (χ0v) is 11.0. The Morgan fingerprint density at radius 1 is 1.50 bits per heavy atom. The molecule has 2 amide bonds. The van der Waals surface area contributed by atoms with E-state index in [0.29, 0.717) is 25.4 Å². The summed E-state index contributed by atoms with van der Waals surface area (Å²) in [7, 11) is 1.79. The number of hydrogen-bond donors (Lipinski definition) is 1. The van der Waals surface area contributed by atoms with Crippen molar-refractivity contribution in [2.75, 3.05) is 33.4 Å². The van der Waals surface area contributed by atoms with Gasteiger partial charge in [0.15, 0.2) is 0 Å². The maximum Gasteiger partial charge on any atom is 0.223 e. The van der Waals surface area contributed by atoms with Crippen LogP contribution in [0.15, 0.2) is 0 Å². The highest BCUT2D eigenvalue weighted by Gasteiger charge is 2.28. The molecule has 2 aliphatic rings. The van der Waals surface area contributed by atoms with E-state index in [4.69, 9.17) is 4.74 Å². The third-order valence-corrected chi connectivity index (χ3v) is 3.85. The van der Waals surface area contributed by atoms with Gasteiger partial charge in [-0.15, -0.1) is 0 Å². The van der Waals surface area contributed by atoms with Crippen molar-refractivity contribution in [2.45, 2.75) is 25.7 Å². The minimum absolute atomic E-state index is 0.0297. The second-order valence-electron chi connectivity index (χ2n) is 5.33. The van der Waals surface area contributed by atoms with Gasteiger partial charge in [0.2, 0.25) is 11.8 Å². The molecule has 2 unspecified atom stereocenters. The monoisotopic (exact) mass is 254 g/mol. The van der Waals surface area contributed by atoms with Gasteiger partial charge in [-0.05, 0) is 25.2 Å². The molecule has 2 rings (SSSR count). The predicted molar refractivity (Wildman–Crippen MR) is 66.9 cm³/mol. The first-order valence-electron chi connectivity index (χ1n) is 6.76. The molecule has 1 N–H and O–H groups in total. The molecule has 0 radical (unpaired) electrons. The van der Waals surface area contributed by atoms with E-state index < -0.39 is 0 Å². The van der Waals surface area contributed by atoms with Gasteiger partial charge < -0.3 is 15.0 Å². The molecule has 0 bridgehead atoms. The normalized spacial score (nSPS) is 29.2. The summed E-state index contributed by atoms with van der Waals surface area (Å²) in [4.78, 5) is 25.2. The van der Waals surface area contributed by atoms with Crippen LogP contribution in [0.25, 0.3) is 0 Å². The highest BCUT2D eigenvalue weighted by atomic mass is 16.5. The molecule has 0 aromatic carbocycles. The van der Waals surface area contributed by atoms with Crippen molar-refractivity contribution in [3.8, 4) is 0 Å². The number of piperidine rings is 1. The molecule has 5 heteroatoms. The molecular weight excluding hydrogens is 232 g/mol. The minimum atomic E-state index is -0.141. The molecule has 102 valence electrons. The van der Waals surface area contributed by atoms with Crippen LogP contribution >= 0.6 is 0 Å². The Labute approximate surface area is 108 Å². The molecule has 2 fully saturated rings. The van der Waals surface area contributed by atoms with Gasteiger partial charge in [0.05, 0.1) is 6.61 Å².